The molecule has 1 aromatic heterocycles. The molecule has 1 saturated carbocycles. The van der Waals surface area contributed by atoms with Crippen molar-refractivity contribution in [3.8, 4) is 12.1 Å². The fraction of sp³-hybridized carbons (Fsp3) is 0.429. The number of hydrazine groups is 1. The number of nitrogens with zero attached hydrogens (tertiary/aromatic N) is 6. The first-order valence-corrected chi connectivity index (χ1v) is 11.1. The Morgan fingerprint density at radius 2 is 1.94 bits per heavy atom. The molecule has 0 spiro atoms. The molecule has 1 aromatic carbocycles. The Balaban J connectivity index is 1.50. The van der Waals surface area contributed by atoms with Crippen LogP contribution in [0.2, 0.25) is 5.02 Å². The lowest BCUT2D eigenvalue weighted by Crippen LogP contribution is -2.53. The zero-order chi connectivity index (χ0) is 22.1. The van der Waals surface area contributed by atoms with Gasteiger partial charge in [-0.2, -0.15) is 10.5 Å². The number of guanidine groups is 1. The molecule has 32 heavy (non-hydrogen) atoms. The number of nitrogens with one attached hydrogen (secondary N) is 4. The Bertz CT molecular complexity index is 1130. The number of fused-ring (bicyclic) bond motifs is 1. The zero-order valence-electron chi connectivity index (χ0n) is 17.4. The third-order valence-corrected chi connectivity index (χ3v) is 6.14. The molecule has 10 nitrogen and oxygen atoms in total. The number of nitriles is 2. The quantitative estimate of drug-likeness (QED) is 0.545. The van der Waals surface area contributed by atoms with E-state index in [1.54, 1.807) is 16.8 Å². The molecule has 3 aliphatic rings. The summed E-state index contributed by atoms with van der Waals surface area (Å²) in [5, 5.41) is 28.1. The molecule has 0 amide bonds. The fourth-order valence-corrected chi connectivity index (χ4v) is 4.07. The number of benzene rings is 1. The van der Waals surface area contributed by atoms with Gasteiger partial charge in [0.25, 0.3) is 0 Å². The third kappa shape index (κ3) is 4.21. The minimum Gasteiger partial charge on any atom is -0.381 e. The van der Waals surface area contributed by atoms with E-state index in [4.69, 9.17) is 16.6 Å². The monoisotopic (exact) mass is 450 g/mol. The van der Waals surface area contributed by atoms with E-state index in [1.165, 1.54) is 6.20 Å². The third-order valence-electron chi connectivity index (χ3n) is 5.74. The Morgan fingerprint density at radius 3 is 2.66 bits per heavy atom. The Kier molecular flexibility index (Phi) is 5.58. The summed E-state index contributed by atoms with van der Waals surface area (Å²) in [5.41, 5.74) is 8.65. The number of hydrogen-bond donors (Lipinski definition) is 4. The number of aliphatic imine (C=N–C) groups is 1. The first kappa shape index (κ1) is 20.6. The topological polar surface area (TPSA) is 129 Å². The van der Waals surface area contributed by atoms with E-state index in [9.17, 15) is 10.5 Å². The molecule has 164 valence electrons. The van der Waals surface area contributed by atoms with E-state index in [0.29, 0.717) is 52.0 Å². The van der Waals surface area contributed by atoms with Crippen LogP contribution in [-0.4, -0.2) is 45.8 Å². The van der Waals surface area contributed by atoms with E-state index in [2.05, 4.69) is 38.6 Å². The molecule has 11 heteroatoms. The highest BCUT2D eigenvalue weighted by molar-refractivity contribution is 6.36. The van der Waals surface area contributed by atoms with Gasteiger partial charge in [-0.15, -0.1) is 0 Å². The van der Waals surface area contributed by atoms with Gasteiger partial charge in [-0.1, -0.05) is 11.6 Å². The Hall–Kier alpha value is -3.31. The molecule has 0 bridgehead atoms. The van der Waals surface area contributed by atoms with E-state index in [-0.39, 0.29) is 6.04 Å². The number of imidazole rings is 1. The summed E-state index contributed by atoms with van der Waals surface area (Å²) in [6.07, 6.45) is 5.69. The van der Waals surface area contributed by atoms with Crippen LogP contribution in [0, 0.1) is 22.7 Å². The molecule has 5 rings (SSSR count). The molecule has 2 fully saturated rings. The van der Waals surface area contributed by atoms with Crippen LogP contribution in [0.5, 0.6) is 0 Å². The SMILES string of the molecule is N#Cc1cc(N=C2Nn3c(C#N)cnc3CN2NC2CC2)c(Cl)c(NC2CCNCC2)c1. The predicted molar refractivity (Wildman–Crippen MR) is 121 cm³/mol. The van der Waals surface area contributed by atoms with Crippen molar-refractivity contribution in [1.82, 2.24) is 25.4 Å². The van der Waals surface area contributed by atoms with E-state index in [0.717, 1.165) is 38.8 Å². The molecule has 1 saturated heterocycles. The van der Waals surface area contributed by atoms with E-state index in [1.807, 2.05) is 5.01 Å². The van der Waals surface area contributed by atoms with Gasteiger partial charge >= 0.3 is 0 Å². The normalized spacial score (nSPS) is 19.7. The summed E-state index contributed by atoms with van der Waals surface area (Å²) in [5.74, 6) is 1.20. The van der Waals surface area contributed by atoms with Crippen molar-refractivity contribution in [2.24, 2.45) is 4.99 Å². The molecule has 0 radical (unpaired) electrons. The molecule has 2 aliphatic heterocycles. The molecular weight excluding hydrogens is 428 g/mol. The van der Waals surface area contributed by atoms with E-state index >= 15 is 0 Å². The van der Waals surface area contributed by atoms with Crippen molar-refractivity contribution in [3.05, 3.63) is 40.4 Å². The standard InChI is InChI=1S/C21H23ClN10/c22-20-17(27-14-3-5-25-6-4-14)7-13(9-23)8-18(20)28-21-30-32-16(10-24)11-26-19(32)12-31(21)29-15-1-2-15/h7-8,11,14-15,25,27,29H,1-6,12H2,(H,28,30). The maximum atomic E-state index is 9.57. The predicted octanol–water partition coefficient (Wildman–Crippen LogP) is 2.16. The molecular formula is C21H23ClN10. The fourth-order valence-electron chi connectivity index (χ4n) is 3.87. The number of anilines is 1. The highest BCUT2D eigenvalue weighted by Crippen LogP contribution is 2.35. The van der Waals surface area contributed by atoms with Gasteiger partial charge < -0.3 is 10.6 Å². The van der Waals surface area contributed by atoms with Crippen LogP contribution in [0.15, 0.2) is 23.3 Å². The second kappa shape index (κ2) is 8.67. The van der Waals surface area contributed by atoms with Gasteiger partial charge in [0, 0.05) is 12.1 Å². The van der Waals surface area contributed by atoms with Gasteiger partial charge in [-0.05, 0) is 50.9 Å². The summed E-state index contributed by atoms with van der Waals surface area (Å²) >= 11 is 6.75. The summed E-state index contributed by atoms with van der Waals surface area (Å²) < 4.78 is 1.63. The molecule has 0 unspecified atom stereocenters. The first-order chi connectivity index (χ1) is 15.6. The summed E-state index contributed by atoms with van der Waals surface area (Å²) in [6.45, 7) is 2.34. The second-order valence-corrected chi connectivity index (χ2v) is 8.56. The minimum atomic E-state index is 0.288. The van der Waals surface area contributed by atoms with Crippen molar-refractivity contribution in [3.63, 3.8) is 0 Å². The molecule has 1 aliphatic carbocycles. The first-order valence-electron chi connectivity index (χ1n) is 10.7. The van der Waals surface area contributed by atoms with Crippen LogP contribution in [0.3, 0.4) is 0 Å². The number of aromatic nitrogens is 2. The maximum absolute atomic E-state index is 9.57. The Labute approximate surface area is 190 Å². The smallest absolute Gasteiger partial charge is 0.233 e. The summed E-state index contributed by atoms with van der Waals surface area (Å²) in [6, 6.07) is 8.45. The molecule has 0 atom stereocenters. The second-order valence-electron chi connectivity index (χ2n) is 8.18. The lowest BCUT2D eigenvalue weighted by atomic mass is 10.1. The Morgan fingerprint density at radius 1 is 1.12 bits per heavy atom. The van der Waals surface area contributed by atoms with Crippen LogP contribution in [0.4, 0.5) is 11.4 Å². The number of rotatable bonds is 5. The average molecular weight is 451 g/mol. The maximum Gasteiger partial charge on any atom is 0.233 e. The minimum absolute atomic E-state index is 0.288. The lowest BCUT2D eigenvalue weighted by molar-refractivity contribution is 0.271. The van der Waals surface area contributed by atoms with Gasteiger partial charge in [0.1, 0.15) is 11.9 Å². The number of piperidine rings is 1. The van der Waals surface area contributed by atoms with Crippen LogP contribution in [0.1, 0.15) is 42.8 Å². The van der Waals surface area contributed by atoms with Crippen molar-refractivity contribution in [1.29, 1.82) is 10.5 Å². The van der Waals surface area contributed by atoms with Gasteiger partial charge in [0.05, 0.1) is 40.8 Å². The highest BCUT2D eigenvalue weighted by atomic mass is 35.5. The van der Waals surface area contributed by atoms with Crippen molar-refractivity contribution in [2.45, 2.75) is 44.3 Å². The number of hydrogen-bond acceptors (Lipinski definition) is 7. The largest absolute Gasteiger partial charge is 0.381 e. The average Bonchev–Trinajstić information content (AvgIpc) is 3.54. The van der Waals surface area contributed by atoms with Crippen molar-refractivity contribution >= 4 is 28.9 Å². The van der Waals surface area contributed by atoms with Crippen molar-refractivity contribution in [2.75, 3.05) is 23.8 Å². The van der Waals surface area contributed by atoms with Gasteiger partial charge in [-0.3, -0.25) is 10.4 Å². The van der Waals surface area contributed by atoms with Crippen LogP contribution >= 0.6 is 11.6 Å². The summed E-state index contributed by atoms with van der Waals surface area (Å²) in [7, 11) is 0. The highest BCUT2D eigenvalue weighted by Gasteiger charge is 2.30. The van der Waals surface area contributed by atoms with Crippen LogP contribution < -0.4 is 21.5 Å². The molecule has 4 N–H and O–H groups in total. The van der Waals surface area contributed by atoms with E-state index < -0.39 is 0 Å². The van der Waals surface area contributed by atoms with Gasteiger partial charge in [-0.25, -0.2) is 20.1 Å². The summed E-state index contributed by atoms with van der Waals surface area (Å²) in [4.78, 5) is 9.10. The van der Waals surface area contributed by atoms with Crippen LogP contribution in [-0.2, 0) is 6.54 Å². The number of halogens is 1. The lowest BCUT2D eigenvalue weighted by Gasteiger charge is -2.32. The zero-order valence-corrected chi connectivity index (χ0v) is 18.2. The van der Waals surface area contributed by atoms with Gasteiger partial charge in [0.15, 0.2) is 5.69 Å². The van der Waals surface area contributed by atoms with Crippen LogP contribution in [0.25, 0.3) is 0 Å². The van der Waals surface area contributed by atoms with Gasteiger partial charge in [0.2, 0.25) is 5.96 Å². The van der Waals surface area contributed by atoms with Crippen molar-refractivity contribution < 1.29 is 0 Å². The molecule has 3 heterocycles. The molecule has 2 aromatic rings.